The van der Waals surface area contributed by atoms with Crippen LogP contribution in [-0.2, 0) is 4.79 Å². The molecular formula is C18H24O3. The average molecular weight is 288 g/mol. The number of carboxylic acids is 1. The van der Waals surface area contributed by atoms with Crippen LogP contribution in [0.1, 0.15) is 44.6 Å². The van der Waals surface area contributed by atoms with Crippen molar-refractivity contribution < 1.29 is 14.6 Å². The lowest BCUT2D eigenvalue weighted by atomic mass is 9.81. The fourth-order valence-corrected chi connectivity index (χ4v) is 2.86. The molecule has 0 radical (unpaired) electrons. The molecule has 1 N–H and O–H groups in total. The van der Waals surface area contributed by atoms with Crippen molar-refractivity contribution in [3.63, 3.8) is 0 Å². The third kappa shape index (κ3) is 5.25. The number of benzene rings is 1. The minimum Gasteiger partial charge on any atom is -0.493 e. The number of hydrogen-bond acceptors (Lipinski definition) is 2. The maximum absolute atomic E-state index is 10.5. The number of carboxylic acid groups (broad SMARTS) is 1. The van der Waals surface area contributed by atoms with E-state index >= 15 is 0 Å². The molecule has 0 spiro atoms. The maximum atomic E-state index is 10.5. The lowest BCUT2D eigenvalue weighted by Crippen LogP contribution is -2.19. The van der Waals surface area contributed by atoms with Crippen LogP contribution in [0.25, 0.3) is 6.08 Å². The molecule has 0 amide bonds. The van der Waals surface area contributed by atoms with Crippen molar-refractivity contribution in [2.75, 3.05) is 6.61 Å². The molecule has 2 rings (SSSR count). The van der Waals surface area contributed by atoms with E-state index in [1.165, 1.54) is 32.1 Å². The summed E-state index contributed by atoms with van der Waals surface area (Å²) in [6.45, 7) is 3.07. The van der Waals surface area contributed by atoms with E-state index in [2.05, 4.69) is 6.92 Å². The molecule has 3 nitrogen and oxygen atoms in total. The Labute approximate surface area is 126 Å². The third-order valence-corrected chi connectivity index (χ3v) is 4.33. The van der Waals surface area contributed by atoms with E-state index in [9.17, 15) is 4.79 Å². The van der Waals surface area contributed by atoms with Crippen LogP contribution in [0.2, 0.25) is 0 Å². The Kier molecular flexibility index (Phi) is 5.85. The summed E-state index contributed by atoms with van der Waals surface area (Å²) in [5, 5.41) is 8.58. The summed E-state index contributed by atoms with van der Waals surface area (Å²) in [6.07, 6.45) is 9.25. The van der Waals surface area contributed by atoms with Crippen LogP contribution in [0.15, 0.2) is 30.3 Å². The molecule has 1 aliphatic carbocycles. The van der Waals surface area contributed by atoms with Gasteiger partial charge in [-0.3, -0.25) is 0 Å². The first-order valence-electron chi connectivity index (χ1n) is 7.81. The molecule has 21 heavy (non-hydrogen) atoms. The topological polar surface area (TPSA) is 46.5 Å². The Morgan fingerprint density at radius 2 is 1.81 bits per heavy atom. The fraction of sp³-hybridized carbons (Fsp3) is 0.500. The lowest BCUT2D eigenvalue weighted by molar-refractivity contribution is -0.131. The molecule has 1 aliphatic rings. The standard InChI is InChI=1S/C18H24O3/c1-2-14-3-5-16(6-4-14)13-21-17-10-7-15(8-11-17)9-12-18(19)20/h7-12,14,16H,2-6,13H2,1H3,(H,19,20). The van der Waals surface area contributed by atoms with Gasteiger partial charge in [-0.1, -0.05) is 38.3 Å². The molecule has 1 aromatic rings. The zero-order valence-corrected chi connectivity index (χ0v) is 12.6. The van der Waals surface area contributed by atoms with E-state index in [0.29, 0.717) is 5.92 Å². The number of ether oxygens (including phenoxy) is 1. The largest absolute Gasteiger partial charge is 0.493 e. The minimum absolute atomic E-state index is 0.680. The highest BCUT2D eigenvalue weighted by Gasteiger charge is 2.20. The Bertz CT molecular complexity index is 468. The smallest absolute Gasteiger partial charge is 0.328 e. The van der Waals surface area contributed by atoms with Crippen molar-refractivity contribution in [2.24, 2.45) is 11.8 Å². The van der Waals surface area contributed by atoms with Gasteiger partial charge in [0.2, 0.25) is 0 Å². The van der Waals surface area contributed by atoms with Crippen molar-refractivity contribution in [1.29, 1.82) is 0 Å². The first-order valence-corrected chi connectivity index (χ1v) is 7.81. The Hall–Kier alpha value is -1.77. The van der Waals surface area contributed by atoms with Crippen LogP contribution in [-0.4, -0.2) is 17.7 Å². The van der Waals surface area contributed by atoms with E-state index in [1.807, 2.05) is 24.3 Å². The summed E-state index contributed by atoms with van der Waals surface area (Å²) in [5.41, 5.74) is 0.869. The second-order valence-corrected chi connectivity index (χ2v) is 5.85. The lowest BCUT2D eigenvalue weighted by Gasteiger charge is -2.27. The van der Waals surface area contributed by atoms with Gasteiger partial charge in [-0.25, -0.2) is 4.79 Å². The van der Waals surface area contributed by atoms with Gasteiger partial charge in [-0.05, 0) is 48.4 Å². The molecule has 0 bridgehead atoms. The number of aliphatic carboxylic acids is 1. The zero-order chi connectivity index (χ0) is 15.1. The van der Waals surface area contributed by atoms with Gasteiger partial charge < -0.3 is 9.84 Å². The molecule has 0 saturated heterocycles. The van der Waals surface area contributed by atoms with Gasteiger partial charge >= 0.3 is 5.97 Å². The van der Waals surface area contributed by atoms with Gasteiger partial charge in [0.15, 0.2) is 0 Å². The molecule has 1 fully saturated rings. The average Bonchev–Trinajstić information content (AvgIpc) is 2.52. The number of hydrogen-bond donors (Lipinski definition) is 1. The van der Waals surface area contributed by atoms with E-state index < -0.39 is 5.97 Å². The highest BCUT2D eigenvalue weighted by atomic mass is 16.5. The molecule has 0 aromatic heterocycles. The minimum atomic E-state index is -0.932. The van der Waals surface area contributed by atoms with Crippen LogP contribution < -0.4 is 4.74 Å². The highest BCUT2D eigenvalue weighted by Crippen LogP contribution is 2.31. The number of carbonyl (C=O) groups is 1. The second-order valence-electron chi connectivity index (χ2n) is 5.85. The molecule has 0 aliphatic heterocycles. The fourth-order valence-electron chi connectivity index (χ4n) is 2.86. The first-order chi connectivity index (χ1) is 10.2. The molecule has 1 saturated carbocycles. The van der Waals surface area contributed by atoms with Crippen molar-refractivity contribution in [2.45, 2.75) is 39.0 Å². The normalized spacial score (nSPS) is 22.3. The summed E-state index contributed by atoms with van der Waals surface area (Å²) in [6, 6.07) is 7.56. The molecule has 114 valence electrons. The SMILES string of the molecule is CCC1CCC(COc2ccc(C=CC(=O)O)cc2)CC1. The van der Waals surface area contributed by atoms with Gasteiger partial charge in [0.1, 0.15) is 5.75 Å². The Morgan fingerprint density at radius 1 is 1.19 bits per heavy atom. The van der Waals surface area contributed by atoms with E-state index in [0.717, 1.165) is 29.9 Å². The van der Waals surface area contributed by atoms with Gasteiger partial charge in [-0.15, -0.1) is 0 Å². The van der Waals surface area contributed by atoms with Crippen molar-refractivity contribution in [3.8, 4) is 5.75 Å². The summed E-state index contributed by atoms with van der Waals surface area (Å²) >= 11 is 0. The summed E-state index contributed by atoms with van der Waals surface area (Å²) in [4.78, 5) is 10.5. The first kappa shape index (κ1) is 15.6. The Balaban J connectivity index is 1.77. The van der Waals surface area contributed by atoms with Gasteiger partial charge in [0.05, 0.1) is 6.61 Å². The molecule has 1 aromatic carbocycles. The van der Waals surface area contributed by atoms with Crippen LogP contribution >= 0.6 is 0 Å². The van der Waals surface area contributed by atoms with Crippen molar-refractivity contribution in [1.82, 2.24) is 0 Å². The van der Waals surface area contributed by atoms with E-state index in [1.54, 1.807) is 6.08 Å². The second kappa shape index (κ2) is 7.87. The third-order valence-electron chi connectivity index (χ3n) is 4.33. The molecule has 0 atom stereocenters. The van der Waals surface area contributed by atoms with Crippen LogP contribution in [0, 0.1) is 11.8 Å². The molecular weight excluding hydrogens is 264 g/mol. The van der Waals surface area contributed by atoms with Crippen LogP contribution in [0.5, 0.6) is 5.75 Å². The molecule has 0 unspecified atom stereocenters. The van der Waals surface area contributed by atoms with E-state index in [-0.39, 0.29) is 0 Å². The summed E-state index contributed by atoms with van der Waals surface area (Å²) < 4.78 is 5.85. The van der Waals surface area contributed by atoms with Crippen LogP contribution in [0.4, 0.5) is 0 Å². The maximum Gasteiger partial charge on any atom is 0.328 e. The van der Waals surface area contributed by atoms with Gasteiger partial charge in [0.25, 0.3) is 0 Å². The Morgan fingerprint density at radius 3 is 2.38 bits per heavy atom. The predicted molar refractivity (Wildman–Crippen MR) is 84.3 cm³/mol. The molecule has 3 heteroatoms. The van der Waals surface area contributed by atoms with Gasteiger partial charge in [-0.2, -0.15) is 0 Å². The quantitative estimate of drug-likeness (QED) is 0.790. The summed E-state index contributed by atoms with van der Waals surface area (Å²) in [5.74, 6) is 1.53. The monoisotopic (exact) mass is 288 g/mol. The molecule has 0 heterocycles. The van der Waals surface area contributed by atoms with Crippen molar-refractivity contribution >= 4 is 12.0 Å². The highest BCUT2D eigenvalue weighted by molar-refractivity contribution is 5.85. The predicted octanol–water partition coefficient (Wildman–Crippen LogP) is 4.38. The van der Waals surface area contributed by atoms with Gasteiger partial charge in [0, 0.05) is 6.08 Å². The van der Waals surface area contributed by atoms with Crippen LogP contribution in [0.3, 0.4) is 0 Å². The van der Waals surface area contributed by atoms with Crippen molar-refractivity contribution in [3.05, 3.63) is 35.9 Å². The van der Waals surface area contributed by atoms with E-state index in [4.69, 9.17) is 9.84 Å². The summed E-state index contributed by atoms with van der Waals surface area (Å²) in [7, 11) is 0. The number of rotatable bonds is 6. The zero-order valence-electron chi connectivity index (χ0n) is 12.6.